The molecule has 136 valence electrons. The van der Waals surface area contributed by atoms with Crippen LogP contribution in [0.2, 0.25) is 0 Å². The number of fused-ring (bicyclic) bond motifs is 1. The van der Waals surface area contributed by atoms with Gasteiger partial charge in [0.25, 0.3) is 0 Å². The van der Waals surface area contributed by atoms with Crippen molar-refractivity contribution >= 4 is 27.6 Å². The van der Waals surface area contributed by atoms with E-state index in [2.05, 4.69) is 21.1 Å². The Morgan fingerprint density at radius 3 is 2.35 bits per heavy atom. The van der Waals surface area contributed by atoms with Crippen molar-refractivity contribution in [2.45, 2.75) is 12.8 Å². The minimum Gasteiger partial charge on any atom is -0.496 e. The van der Waals surface area contributed by atoms with E-state index >= 15 is 0 Å². The standard InChI is InChI=1S/C19H18BrNO5/c1-23-15-8-4-11(10-17(15)25-3)19(22)26-21-14-7-5-12-13(20)6-9-16(24-2)18(12)14/h4,6,8-10H,5,7H2,1-3H3. The molecule has 0 unspecified atom stereocenters. The number of hydrogen-bond acceptors (Lipinski definition) is 6. The van der Waals surface area contributed by atoms with E-state index in [-0.39, 0.29) is 0 Å². The van der Waals surface area contributed by atoms with Crippen LogP contribution < -0.4 is 14.2 Å². The van der Waals surface area contributed by atoms with Crippen molar-refractivity contribution in [2.75, 3.05) is 21.3 Å². The van der Waals surface area contributed by atoms with E-state index < -0.39 is 5.97 Å². The van der Waals surface area contributed by atoms with E-state index in [1.54, 1.807) is 25.3 Å². The third kappa shape index (κ3) is 3.39. The van der Waals surface area contributed by atoms with Gasteiger partial charge in [-0.05, 0) is 48.7 Å². The van der Waals surface area contributed by atoms with Gasteiger partial charge < -0.3 is 19.0 Å². The number of ether oxygens (including phenoxy) is 3. The van der Waals surface area contributed by atoms with Gasteiger partial charge in [-0.25, -0.2) is 4.79 Å². The summed E-state index contributed by atoms with van der Waals surface area (Å²) in [5, 5.41) is 4.08. The Labute approximate surface area is 159 Å². The molecule has 0 N–H and O–H groups in total. The number of carbonyl (C=O) groups excluding carboxylic acids is 1. The Bertz CT molecular complexity index is 878. The van der Waals surface area contributed by atoms with E-state index in [9.17, 15) is 4.79 Å². The third-order valence-corrected chi connectivity index (χ3v) is 4.94. The molecule has 0 saturated heterocycles. The van der Waals surface area contributed by atoms with Crippen LogP contribution in [-0.2, 0) is 11.3 Å². The van der Waals surface area contributed by atoms with Gasteiger partial charge in [0.05, 0.1) is 32.6 Å². The first kappa shape index (κ1) is 18.3. The molecular weight excluding hydrogens is 402 g/mol. The molecule has 0 amide bonds. The number of nitrogens with zero attached hydrogens (tertiary/aromatic N) is 1. The van der Waals surface area contributed by atoms with E-state index in [1.165, 1.54) is 14.2 Å². The quantitative estimate of drug-likeness (QED) is 0.541. The number of hydrogen-bond donors (Lipinski definition) is 0. The molecule has 2 aromatic carbocycles. The van der Waals surface area contributed by atoms with E-state index in [4.69, 9.17) is 19.0 Å². The van der Waals surface area contributed by atoms with Crippen LogP contribution in [0.5, 0.6) is 17.2 Å². The lowest BCUT2D eigenvalue weighted by atomic mass is 10.1. The molecule has 26 heavy (non-hydrogen) atoms. The largest absolute Gasteiger partial charge is 0.496 e. The van der Waals surface area contributed by atoms with Crippen LogP contribution in [-0.4, -0.2) is 33.0 Å². The Balaban J connectivity index is 1.84. The van der Waals surface area contributed by atoms with Crippen LogP contribution in [0.3, 0.4) is 0 Å². The zero-order valence-electron chi connectivity index (χ0n) is 14.7. The zero-order valence-corrected chi connectivity index (χ0v) is 16.3. The highest BCUT2D eigenvalue weighted by atomic mass is 79.9. The molecule has 1 aliphatic rings. The molecule has 0 heterocycles. The highest BCUT2D eigenvalue weighted by molar-refractivity contribution is 9.10. The predicted octanol–water partition coefficient (Wildman–Crippen LogP) is 3.98. The molecule has 0 fully saturated rings. The Morgan fingerprint density at radius 1 is 0.962 bits per heavy atom. The SMILES string of the molecule is COc1ccc(C(=O)ON=C2CCc3c(Br)ccc(OC)c32)cc1OC. The van der Waals surface area contributed by atoms with E-state index in [0.717, 1.165) is 22.0 Å². The first-order chi connectivity index (χ1) is 12.6. The van der Waals surface area contributed by atoms with Crippen molar-refractivity contribution in [3.05, 3.63) is 51.5 Å². The van der Waals surface area contributed by atoms with Gasteiger partial charge in [0.15, 0.2) is 11.5 Å². The van der Waals surface area contributed by atoms with E-state index in [1.807, 2.05) is 12.1 Å². The predicted molar refractivity (Wildman–Crippen MR) is 101 cm³/mol. The number of oxime groups is 1. The Morgan fingerprint density at radius 2 is 1.65 bits per heavy atom. The minimum absolute atomic E-state index is 0.325. The lowest BCUT2D eigenvalue weighted by Gasteiger charge is -2.09. The van der Waals surface area contributed by atoms with Crippen LogP contribution in [0.15, 0.2) is 40.0 Å². The molecule has 0 saturated carbocycles. The average molecular weight is 420 g/mol. The third-order valence-electron chi connectivity index (χ3n) is 4.20. The van der Waals surface area contributed by atoms with E-state index in [0.29, 0.717) is 34.9 Å². The van der Waals surface area contributed by atoms with Gasteiger partial charge in [-0.1, -0.05) is 21.1 Å². The Hall–Kier alpha value is -2.54. The van der Waals surface area contributed by atoms with Gasteiger partial charge in [-0.3, -0.25) is 0 Å². The maximum Gasteiger partial charge on any atom is 0.365 e. The average Bonchev–Trinajstić information content (AvgIpc) is 3.11. The Kier molecular flexibility index (Phi) is 5.46. The monoisotopic (exact) mass is 419 g/mol. The fourth-order valence-corrected chi connectivity index (χ4v) is 3.43. The second-order valence-electron chi connectivity index (χ2n) is 5.59. The number of halogens is 1. The minimum atomic E-state index is -0.569. The summed E-state index contributed by atoms with van der Waals surface area (Å²) < 4.78 is 16.8. The maximum absolute atomic E-state index is 12.3. The fourth-order valence-electron chi connectivity index (χ4n) is 2.90. The summed E-state index contributed by atoms with van der Waals surface area (Å²) in [7, 11) is 4.65. The highest BCUT2D eigenvalue weighted by Crippen LogP contribution is 2.36. The van der Waals surface area contributed by atoms with Crippen molar-refractivity contribution in [3.63, 3.8) is 0 Å². The number of carbonyl (C=O) groups is 1. The summed E-state index contributed by atoms with van der Waals surface area (Å²) in [6.07, 6.45) is 1.48. The van der Waals surface area contributed by atoms with Gasteiger partial charge in [-0.15, -0.1) is 0 Å². The molecule has 0 aromatic heterocycles. The van der Waals surface area contributed by atoms with Crippen LogP contribution in [0.4, 0.5) is 0 Å². The van der Waals surface area contributed by atoms with Gasteiger partial charge in [0.2, 0.25) is 0 Å². The lowest BCUT2D eigenvalue weighted by molar-refractivity contribution is 0.0515. The fraction of sp³-hybridized carbons (Fsp3) is 0.263. The summed E-state index contributed by atoms with van der Waals surface area (Å²) in [5.41, 5.74) is 2.99. The maximum atomic E-state index is 12.3. The highest BCUT2D eigenvalue weighted by Gasteiger charge is 2.25. The first-order valence-electron chi connectivity index (χ1n) is 7.95. The van der Waals surface area contributed by atoms with Gasteiger partial charge in [0.1, 0.15) is 5.75 Å². The molecule has 2 aromatic rings. The van der Waals surface area contributed by atoms with Gasteiger partial charge >= 0.3 is 5.97 Å². The summed E-state index contributed by atoms with van der Waals surface area (Å²) in [6, 6.07) is 8.61. The molecule has 0 radical (unpaired) electrons. The summed E-state index contributed by atoms with van der Waals surface area (Å²) in [5.74, 6) is 1.13. The van der Waals surface area contributed by atoms with Gasteiger partial charge in [-0.2, -0.15) is 0 Å². The van der Waals surface area contributed by atoms with Crippen molar-refractivity contribution in [3.8, 4) is 17.2 Å². The lowest BCUT2D eigenvalue weighted by Crippen LogP contribution is -2.06. The van der Waals surface area contributed by atoms with Crippen LogP contribution in [0, 0.1) is 0 Å². The molecule has 3 rings (SSSR count). The van der Waals surface area contributed by atoms with Crippen LogP contribution >= 0.6 is 15.9 Å². The van der Waals surface area contributed by atoms with Crippen molar-refractivity contribution < 1.29 is 23.8 Å². The number of methoxy groups -OCH3 is 3. The molecule has 6 nitrogen and oxygen atoms in total. The molecular formula is C19H18BrNO5. The van der Waals surface area contributed by atoms with Crippen LogP contribution in [0.25, 0.3) is 0 Å². The summed E-state index contributed by atoms with van der Waals surface area (Å²) >= 11 is 3.54. The normalized spacial score (nSPS) is 14.1. The van der Waals surface area contributed by atoms with Crippen molar-refractivity contribution in [1.29, 1.82) is 0 Å². The zero-order chi connectivity index (χ0) is 18.7. The summed E-state index contributed by atoms with van der Waals surface area (Å²) in [6.45, 7) is 0. The summed E-state index contributed by atoms with van der Waals surface area (Å²) in [4.78, 5) is 17.5. The van der Waals surface area contributed by atoms with Crippen molar-refractivity contribution in [2.24, 2.45) is 5.16 Å². The molecule has 7 heteroatoms. The molecule has 0 aliphatic heterocycles. The van der Waals surface area contributed by atoms with Gasteiger partial charge in [0, 0.05) is 10.0 Å². The number of benzene rings is 2. The first-order valence-corrected chi connectivity index (χ1v) is 8.74. The second-order valence-corrected chi connectivity index (χ2v) is 6.44. The van der Waals surface area contributed by atoms with Crippen molar-refractivity contribution in [1.82, 2.24) is 0 Å². The molecule has 0 bridgehead atoms. The second kappa shape index (κ2) is 7.78. The number of rotatable bonds is 5. The molecule has 0 atom stereocenters. The molecule has 1 aliphatic carbocycles. The molecule has 0 spiro atoms. The topological polar surface area (TPSA) is 66.4 Å². The smallest absolute Gasteiger partial charge is 0.365 e. The van der Waals surface area contributed by atoms with Crippen LogP contribution in [0.1, 0.15) is 27.9 Å².